The van der Waals surface area contributed by atoms with Crippen molar-refractivity contribution in [1.29, 1.82) is 0 Å². The van der Waals surface area contributed by atoms with Gasteiger partial charge in [-0.3, -0.25) is 4.79 Å². The normalized spacial score (nSPS) is 28.0. The summed E-state index contributed by atoms with van der Waals surface area (Å²) < 4.78 is 12.1. The average Bonchev–Trinajstić information content (AvgIpc) is 2.93. The molecular formula is C21H18O3. The summed E-state index contributed by atoms with van der Waals surface area (Å²) in [5, 5.41) is 0. The number of ketones is 1. The third-order valence-corrected chi connectivity index (χ3v) is 5.35. The highest BCUT2D eigenvalue weighted by Gasteiger charge is 2.48. The van der Waals surface area contributed by atoms with Crippen molar-refractivity contribution in [1.82, 2.24) is 0 Å². The van der Waals surface area contributed by atoms with Gasteiger partial charge in [0, 0.05) is 23.0 Å². The fraction of sp³-hybridized carbons (Fsp3) is 0.286. The molecule has 24 heavy (non-hydrogen) atoms. The van der Waals surface area contributed by atoms with Crippen LogP contribution in [-0.4, -0.2) is 18.7 Å². The van der Waals surface area contributed by atoms with Crippen molar-refractivity contribution in [2.75, 3.05) is 6.61 Å². The molecule has 3 nitrogen and oxygen atoms in total. The summed E-state index contributed by atoms with van der Waals surface area (Å²) in [6.45, 7) is 0.723. The summed E-state index contributed by atoms with van der Waals surface area (Å²) in [7, 11) is 0. The number of ether oxygens (including phenoxy) is 2. The molecule has 3 heteroatoms. The van der Waals surface area contributed by atoms with Crippen molar-refractivity contribution in [3.63, 3.8) is 0 Å². The van der Waals surface area contributed by atoms with Gasteiger partial charge in [0.25, 0.3) is 0 Å². The molecule has 1 aliphatic carbocycles. The molecule has 0 saturated carbocycles. The summed E-state index contributed by atoms with van der Waals surface area (Å²) in [4.78, 5) is 13.1. The van der Waals surface area contributed by atoms with Crippen LogP contribution in [0.4, 0.5) is 0 Å². The molecule has 0 aromatic heterocycles. The van der Waals surface area contributed by atoms with Crippen molar-refractivity contribution in [3.8, 4) is 0 Å². The molecule has 3 atom stereocenters. The van der Waals surface area contributed by atoms with E-state index in [0.717, 1.165) is 41.9 Å². The maximum Gasteiger partial charge on any atom is 0.203 e. The van der Waals surface area contributed by atoms with Crippen LogP contribution in [0.3, 0.4) is 0 Å². The molecule has 0 spiro atoms. The molecule has 0 amide bonds. The Morgan fingerprint density at radius 1 is 0.917 bits per heavy atom. The molecule has 1 fully saturated rings. The Balaban J connectivity index is 1.71. The lowest BCUT2D eigenvalue weighted by molar-refractivity contribution is -0.165. The third kappa shape index (κ3) is 1.91. The Morgan fingerprint density at radius 2 is 1.67 bits per heavy atom. The van der Waals surface area contributed by atoms with E-state index < -0.39 is 0 Å². The number of rotatable bonds is 1. The fourth-order valence-corrected chi connectivity index (χ4v) is 4.31. The predicted molar refractivity (Wildman–Crippen MR) is 90.4 cm³/mol. The van der Waals surface area contributed by atoms with E-state index in [2.05, 4.69) is 12.1 Å². The highest BCUT2D eigenvalue weighted by molar-refractivity contribution is 6.20. The Hall–Kier alpha value is -2.39. The standard InChI is InChI=1S/C21H18O3/c22-19-14-9-4-5-10-15(14)20-18(19)17(13-7-2-1-3-8-13)16-11-6-12-23-21(16)24-20/h1-5,7-10,16-17,21H,6,11-12H2/t16-,17+,21+/m1/s1. The zero-order valence-electron chi connectivity index (χ0n) is 13.3. The molecule has 2 aromatic rings. The van der Waals surface area contributed by atoms with Crippen LogP contribution in [-0.2, 0) is 9.47 Å². The SMILES string of the molecule is O=C1C2=C(O[C@@H]3OCCC[C@@H]3[C@@H]2c2ccccc2)c2ccccc21. The predicted octanol–water partition coefficient (Wildman–Crippen LogP) is 4.16. The van der Waals surface area contributed by atoms with Gasteiger partial charge in [-0.2, -0.15) is 0 Å². The number of fused-ring (bicyclic) bond motifs is 3. The minimum atomic E-state index is -0.262. The summed E-state index contributed by atoms with van der Waals surface area (Å²) in [5.74, 6) is 1.07. The van der Waals surface area contributed by atoms with Gasteiger partial charge in [0.2, 0.25) is 6.29 Å². The van der Waals surface area contributed by atoms with Gasteiger partial charge in [-0.15, -0.1) is 0 Å². The Bertz CT molecular complexity index is 837. The molecule has 2 aromatic carbocycles. The second kappa shape index (κ2) is 5.32. The highest BCUT2D eigenvalue weighted by Crippen LogP contribution is 2.51. The van der Waals surface area contributed by atoms with E-state index >= 15 is 0 Å². The van der Waals surface area contributed by atoms with Crippen molar-refractivity contribution < 1.29 is 14.3 Å². The molecular weight excluding hydrogens is 300 g/mol. The zero-order chi connectivity index (χ0) is 16.1. The molecule has 3 aliphatic rings. The van der Waals surface area contributed by atoms with Crippen molar-refractivity contribution in [2.24, 2.45) is 5.92 Å². The van der Waals surface area contributed by atoms with Crippen LogP contribution < -0.4 is 0 Å². The van der Waals surface area contributed by atoms with Gasteiger partial charge in [-0.1, -0.05) is 54.6 Å². The van der Waals surface area contributed by atoms with Gasteiger partial charge in [-0.05, 0) is 18.4 Å². The fourth-order valence-electron chi connectivity index (χ4n) is 4.31. The molecule has 0 N–H and O–H groups in total. The summed E-state index contributed by atoms with van der Waals surface area (Å²) >= 11 is 0. The first-order valence-corrected chi connectivity index (χ1v) is 8.56. The number of Topliss-reactive ketones (excluding diaryl/α,β-unsaturated/α-hetero) is 1. The molecule has 0 radical (unpaired) electrons. The maximum absolute atomic E-state index is 13.1. The summed E-state index contributed by atoms with van der Waals surface area (Å²) in [6, 6.07) is 18.1. The van der Waals surface area contributed by atoms with E-state index in [-0.39, 0.29) is 23.9 Å². The maximum atomic E-state index is 13.1. The van der Waals surface area contributed by atoms with Crippen LogP contribution in [0.25, 0.3) is 5.76 Å². The van der Waals surface area contributed by atoms with Gasteiger partial charge in [-0.25, -0.2) is 0 Å². The van der Waals surface area contributed by atoms with E-state index in [1.54, 1.807) is 0 Å². The number of benzene rings is 2. The quantitative estimate of drug-likeness (QED) is 0.792. The summed E-state index contributed by atoms with van der Waals surface area (Å²) in [6.07, 6.45) is 1.77. The van der Waals surface area contributed by atoms with Gasteiger partial charge in [0.15, 0.2) is 5.78 Å². The Labute approximate surface area is 140 Å². The first-order valence-electron chi connectivity index (χ1n) is 8.56. The molecule has 5 rings (SSSR count). The summed E-state index contributed by atoms with van der Waals surface area (Å²) in [5.41, 5.74) is 3.65. The van der Waals surface area contributed by atoms with Crippen LogP contribution in [0.1, 0.15) is 40.2 Å². The molecule has 0 unspecified atom stereocenters. The van der Waals surface area contributed by atoms with Crippen molar-refractivity contribution in [3.05, 3.63) is 76.9 Å². The van der Waals surface area contributed by atoms with Crippen LogP contribution in [0.2, 0.25) is 0 Å². The highest BCUT2D eigenvalue weighted by atomic mass is 16.7. The lowest BCUT2D eigenvalue weighted by atomic mass is 9.74. The van der Waals surface area contributed by atoms with E-state index in [0.29, 0.717) is 0 Å². The van der Waals surface area contributed by atoms with E-state index in [9.17, 15) is 4.79 Å². The second-order valence-corrected chi connectivity index (χ2v) is 6.67. The van der Waals surface area contributed by atoms with Crippen LogP contribution in [0.5, 0.6) is 0 Å². The van der Waals surface area contributed by atoms with Crippen LogP contribution in [0.15, 0.2) is 60.2 Å². The zero-order valence-corrected chi connectivity index (χ0v) is 13.3. The minimum Gasteiger partial charge on any atom is -0.463 e. The topological polar surface area (TPSA) is 35.5 Å². The minimum absolute atomic E-state index is 0.0418. The molecule has 2 heterocycles. The van der Waals surface area contributed by atoms with Crippen molar-refractivity contribution in [2.45, 2.75) is 25.0 Å². The number of hydrogen-bond donors (Lipinski definition) is 0. The van der Waals surface area contributed by atoms with Crippen molar-refractivity contribution >= 4 is 11.5 Å². The monoisotopic (exact) mass is 318 g/mol. The van der Waals surface area contributed by atoms with Gasteiger partial charge in [0.1, 0.15) is 5.76 Å². The molecule has 0 bridgehead atoms. The average molecular weight is 318 g/mol. The van der Waals surface area contributed by atoms with Crippen LogP contribution >= 0.6 is 0 Å². The van der Waals surface area contributed by atoms with Crippen LogP contribution in [0, 0.1) is 5.92 Å². The molecule has 120 valence electrons. The smallest absolute Gasteiger partial charge is 0.203 e. The Kier molecular flexibility index (Phi) is 3.10. The second-order valence-electron chi connectivity index (χ2n) is 6.67. The lowest BCUT2D eigenvalue weighted by Gasteiger charge is -2.41. The van der Waals surface area contributed by atoms with Gasteiger partial charge in [0.05, 0.1) is 12.2 Å². The first-order chi connectivity index (χ1) is 11.8. The molecule has 1 saturated heterocycles. The first kappa shape index (κ1) is 14.0. The van der Waals surface area contributed by atoms with E-state index in [1.807, 2.05) is 42.5 Å². The van der Waals surface area contributed by atoms with Gasteiger partial charge >= 0.3 is 0 Å². The van der Waals surface area contributed by atoms with E-state index in [4.69, 9.17) is 9.47 Å². The lowest BCUT2D eigenvalue weighted by Crippen LogP contribution is -2.40. The number of hydrogen-bond acceptors (Lipinski definition) is 3. The Morgan fingerprint density at radius 3 is 2.50 bits per heavy atom. The van der Waals surface area contributed by atoms with Gasteiger partial charge < -0.3 is 9.47 Å². The number of allylic oxidation sites excluding steroid dienone is 1. The number of carbonyl (C=O) groups excluding carboxylic acids is 1. The largest absolute Gasteiger partial charge is 0.463 e. The molecule has 2 aliphatic heterocycles. The third-order valence-electron chi connectivity index (χ3n) is 5.35. The van der Waals surface area contributed by atoms with E-state index in [1.165, 1.54) is 5.56 Å². The number of carbonyl (C=O) groups is 1.